The molecule has 0 aliphatic heterocycles. The summed E-state index contributed by atoms with van der Waals surface area (Å²) in [6.45, 7) is 10.9. The van der Waals surface area contributed by atoms with Crippen molar-refractivity contribution in [1.82, 2.24) is 9.55 Å². The van der Waals surface area contributed by atoms with Gasteiger partial charge in [-0.2, -0.15) is 0 Å². The summed E-state index contributed by atoms with van der Waals surface area (Å²) in [4.78, 5) is 4.41. The molecule has 23 heavy (non-hydrogen) atoms. The van der Waals surface area contributed by atoms with Gasteiger partial charge < -0.3 is 14.4 Å². The monoisotopic (exact) mass is 314 g/mol. The molecule has 1 unspecified atom stereocenters. The van der Waals surface area contributed by atoms with Gasteiger partial charge in [-0.3, -0.25) is 0 Å². The van der Waals surface area contributed by atoms with Gasteiger partial charge >= 0.3 is 0 Å². The van der Waals surface area contributed by atoms with Crippen LogP contribution in [0.25, 0.3) is 11.0 Å². The van der Waals surface area contributed by atoms with Crippen molar-refractivity contribution < 1.29 is 9.84 Å². The van der Waals surface area contributed by atoms with Crippen molar-refractivity contribution in [2.24, 2.45) is 0 Å². The molecule has 2 rings (SSSR count). The van der Waals surface area contributed by atoms with E-state index in [-0.39, 0.29) is 6.61 Å². The van der Waals surface area contributed by atoms with Crippen LogP contribution in [0.5, 0.6) is 0 Å². The fourth-order valence-electron chi connectivity index (χ4n) is 2.30. The van der Waals surface area contributed by atoms with Crippen LogP contribution in [0.2, 0.25) is 0 Å². The maximum atomic E-state index is 10.2. The quantitative estimate of drug-likeness (QED) is 0.650. The Morgan fingerprint density at radius 3 is 2.61 bits per heavy atom. The van der Waals surface area contributed by atoms with Gasteiger partial charge in [-0.05, 0) is 64.0 Å². The van der Waals surface area contributed by atoms with Crippen LogP contribution >= 0.6 is 0 Å². The number of allylic oxidation sites excluding steroid dienone is 4. The second-order valence-corrected chi connectivity index (χ2v) is 6.31. The van der Waals surface area contributed by atoms with Crippen LogP contribution in [0.15, 0.2) is 41.9 Å². The molecule has 1 heterocycles. The number of ether oxygens (including phenoxy) is 1. The highest BCUT2D eigenvalue weighted by atomic mass is 16.5. The Morgan fingerprint density at radius 2 is 1.91 bits per heavy atom. The third-order valence-electron chi connectivity index (χ3n) is 3.80. The number of hydrogen-bond donors (Lipinski definition) is 1. The summed E-state index contributed by atoms with van der Waals surface area (Å²) < 4.78 is 7.57. The first-order valence-electron chi connectivity index (χ1n) is 7.91. The first-order chi connectivity index (χ1) is 10.9. The first-order valence-corrected chi connectivity index (χ1v) is 7.91. The Bertz CT molecular complexity index is 737. The van der Waals surface area contributed by atoms with Crippen molar-refractivity contribution in [2.45, 2.75) is 47.3 Å². The van der Waals surface area contributed by atoms with E-state index in [1.54, 1.807) is 6.33 Å². The molecular formula is C19H26N2O2. The van der Waals surface area contributed by atoms with Gasteiger partial charge in [0.15, 0.2) is 0 Å². The molecule has 0 aliphatic carbocycles. The topological polar surface area (TPSA) is 47.3 Å². The van der Waals surface area contributed by atoms with Crippen molar-refractivity contribution in [3.63, 3.8) is 0 Å². The van der Waals surface area contributed by atoms with Gasteiger partial charge in [-0.1, -0.05) is 11.6 Å². The average molecular weight is 314 g/mol. The van der Waals surface area contributed by atoms with Crippen LogP contribution in [-0.4, -0.2) is 27.4 Å². The summed E-state index contributed by atoms with van der Waals surface area (Å²) in [5.74, 6) is 0.798. The predicted octanol–water partition coefficient (Wildman–Crippen LogP) is 3.90. The van der Waals surface area contributed by atoms with Gasteiger partial charge in [-0.25, -0.2) is 4.98 Å². The summed E-state index contributed by atoms with van der Waals surface area (Å²) in [7, 11) is 0. The normalized spacial score (nSPS) is 13.2. The molecule has 1 N–H and O–H groups in total. The van der Waals surface area contributed by atoms with Crippen LogP contribution in [-0.2, 0) is 11.3 Å². The molecule has 0 spiro atoms. The third-order valence-corrected chi connectivity index (χ3v) is 3.80. The highest BCUT2D eigenvalue weighted by Crippen LogP contribution is 2.18. The van der Waals surface area contributed by atoms with Gasteiger partial charge in [0.25, 0.3) is 0 Å². The van der Waals surface area contributed by atoms with E-state index in [0.717, 1.165) is 16.8 Å². The van der Waals surface area contributed by atoms with Crippen LogP contribution in [0.3, 0.4) is 0 Å². The van der Waals surface area contributed by atoms with E-state index in [4.69, 9.17) is 4.74 Å². The molecule has 2 aromatic rings. The number of nitrogens with zero attached hydrogens (tertiary/aromatic N) is 2. The van der Waals surface area contributed by atoms with E-state index in [1.807, 2.05) is 37.5 Å². The molecule has 124 valence electrons. The second-order valence-electron chi connectivity index (χ2n) is 6.31. The third kappa shape index (κ3) is 4.70. The van der Waals surface area contributed by atoms with E-state index < -0.39 is 6.10 Å². The molecule has 1 atom stereocenters. The average Bonchev–Trinajstić information content (AvgIpc) is 2.85. The zero-order chi connectivity index (χ0) is 17.0. The van der Waals surface area contributed by atoms with Crippen molar-refractivity contribution >= 4 is 11.0 Å². The zero-order valence-electron chi connectivity index (χ0n) is 14.6. The van der Waals surface area contributed by atoms with Crippen LogP contribution in [0.4, 0.5) is 0 Å². The molecule has 0 bridgehead atoms. The van der Waals surface area contributed by atoms with Crippen molar-refractivity contribution in [1.29, 1.82) is 0 Å². The Hall–Kier alpha value is -2.07. The number of imidazole rings is 1. The van der Waals surface area contributed by atoms with Gasteiger partial charge in [0.2, 0.25) is 0 Å². The molecule has 0 radical (unpaired) electrons. The molecule has 1 aromatic heterocycles. The minimum absolute atomic E-state index is 0.267. The van der Waals surface area contributed by atoms with Crippen molar-refractivity contribution in [2.75, 3.05) is 6.61 Å². The number of hydrogen-bond acceptors (Lipinski definition) is 3. The smallest absolute Gasteiger partial charge is 0.115 e. The number of aryl methyl sites for hydroxylation is 2. The largest absolute Gasteiger partial charge is 0.495 e. The minimum Gasteiger partial charge on any atom is -0.495 e. The molecule has 4 heteroatoms. The summed E-state index contributed by atoms with van der Waals surface area (Å²) in [5.41, 5.74) is 5.67. The molecule has 0 aliphatic rings. The SMILES string of the molecule is CC(C)=C/C=C(\C)OCC(O)Cn1cnc2cc(C)c(C)cc21. The van der Waals surface area contributed by atoms with Gasteiger partial charge in [0.05, 0.1) is 29.7 Å². The molecule has 0 fully saturated rings. The lowest BCUT2D eigenvalue weighted by atomic mass is 10.1. The summed E-state index contributed by atoms with van der Waals surface area (Å²) in [6, 6.07) is 4.20. The lowest BCUT2D eigenvalue weighted by molar-refractivity contribution is 0.0612. The lowest BCUT2D eigenvalue weighted by Crippen LogP contribution is -2.21. The molecule has 0 amide bonds. The summed E-state index contributed by atoms with van der Waals surface area (Å²) in [5, 5.41) is 10.2. The van der Waals surface area contributed by atoms with Crippen LogP contribution in [0.1, 0.15) is 31.9 Å². The van der Waals surface area contributed by atoms with E-state index >= 15 is 0 Å². The fraction of sp³-hybridized carbons (Fsp3) is 0.421. The lowest BCUT2D eigenvalue weighted by Gasteiger charge is -2.14. The van der Waals surface area contributed by atoms with Crippen LogP contribution in [0, 0.1) is 13.8 Å². The van der Waals surface area contributed by atoms with E-state index in [2.05, 4.69) is 31.0 Å². The molecular weight excluding hydrogens is 288 g/mol. The van der Waals surface area contributed by atoms with Gasteiger partial charge in [0.1, 0.15) is 12.7 Å². The molecule has 0 saturated heterocycles. The number of aliphatic hydroxyl groups is 1. The maximum Gasteiger partial charge on any atom is 0.115 e. The Balaban J connectivity index is 2.01. The summed E-state index contributed by atoms with van der Waals surface area (Å²) >= 11 is 0. The number of aromatic nitrogens is 2. The van der Waals surface area contributed by atoms with E-state index in [9.17, 15) is 5.11 Å². The number of fused-ring (bicyclic) bond motifs is 1. The number of benzene rings is 1. The van der Waals surface area contributed by atoms with Gasteiger partial charge in [0, 0.05) is 0 Å². The molecule has 0 saturated carbocycles. The Labute approximate surface area is 138 Å². The Kier molecular flexibility index (Phi) is 5.61. The minimum atomic E-state index is -0.580. The molecule has 4 nitrogen and oxygen atoms in total. The van der Waals surface area contributed by atoms with E-state index in [0.29, 0.717) is 6.54 Å². The first kappa shape index (κ1) is 17.3. The van der Waals surface area contributed by atoms with Crippen LogP contribution < -0.4 is 0 Å². The van der Waals surface area contributed by atoms with Gasteiger partial charge in [-0.15, -0.1) is 0 Å². The number of aliphatic hydroxyl groups excluding tert-OH is 1. The molecule has 1 aromatic carbocycles. The maximum absolute atomic E-state index is 10.2. The fourth-order valence-corrected chi connectivity index (χ4v) is 2.30. The zero-order valence-corrected chi connectivity index (χ0v) is 14.6. The highest BCUT2D eigenvalue weighted by Gasteiger charge is 2.10. The standard InChI is InChI=1S/C19H26N2O2/c1-13(2)6-7-16(5)23-11-17(22)10-21-12-20-18-8-14(3)15(4)9-19(18)21/h6-9,12,17,22H,10-11H2,1-5H3/b16-7+. The predicted molar refractivity (Wildman–Crippen MR) is 94.4 cm³/mol. The van der Waals surface area contributed by atoms with Crippen molar-refractivity contribution in [3.8, 4) is 0 Å². The van der Waals surface area contributed by atoms with Crippen molar-refractivity contribution in [3.05, 3.63) is 53.1 Å². The summed E-state index contributed by atoms with van der Waals surface area (Å²) in [6.07, 6.45) is 5.11. The Morgan fingerprint density at radius 1 is 1.22 bits per heavy atom. The number of rotatable bonds is 6. The highest BCUT2D eigenvalue weighted by molar-refractivity contribution is 5.77. The second kappa shape index (κ2) is 7.47. The van der Waals surface area contributed by atoms with E-state index in [1.165, 1.54) is 16.7 Å².